The van der Waals surface area contributed by atoms with Gasteiger partial charge in [0.15, 0.2) is 11.7 Å². The highest BCUT2D eigenvalue weighted by molar-refractivity contribution is 5.85. The molecule has 0 spiro atoms. The summed E-state index contributed by atoms with van der Waals surface area (Å²) >= 11 is 0. The Morgan fingerprint density at radius 2 is 2.00 bits per heavy atom. The second-order valence-electron chi connectivity index (χ2n) is 6.10. The molecule has 1 aliphatic heterocycles. The van der Waals surface area contributed by atoms with E-state index in [0.29, 0.717) is 49.9 Å². The van der Waals surface area contributed by atoms with Gasteiger partial charge in [-0.2, -0.15) is 5.26 Å². The molecule has 136 valence electrons. The third-order valence-electron chi connectivity index (χ3n) is 4.27. The lowest BCUT2D eigenvalue weighted by Crippen LogP contribution is -2.38. The van der Waals surface area contributed by atoms with Crippen LogP contribution in [0.15, 0.2) is 24.3 Å². The van der Waals surface area contributed by atoms with Gasteiger partial charge < -0.3 is 14.4 Å². The van der Waals surface area contributed by atoms with E-state index in [1.165, 1.54) is 0 Å². The predicted molar refractivity (Wildman–Crippen MR) is 96.8 cm³/mol. The molecule has 1 fully saturated rings. The Bertz CT molecular complexity index is 812. The molecule has 0 N–H and O–H groups in total. The SMILES string of the molecule is CCCCOC(=O)[C@@H](C#N)c1nc2ccccc2nc1N1CCOCC1. The molecule has 7 nitrogen and oxygen atoms in total. The van der Waals surface area contributed by atoms with Crippen LogP contribution in [0.5, 0.6) is 0 Å². The summed E-state index contributed by atoms with van der Waals surface area (Å²) in [5, 5.41) is 9.64. The second-order valence-corrected chi connectivity index (χ2v) is 6.10. The molecule has 3 rings (SSSR count). The molecule has 1 atom stereocenters. The molecule has 2 heterocycles. The van der Waals surface area contributed by atoms with Gasteiger partial charge in [0.1, 0.15) is 5.69 Å². The van der Waals surface area contributed by atoms with Crippen LogP contribution in [0.1, 0.15) is 31.4 Å². The molecule has 0 aliphatic carbocycles. The number of aromatic nitrogens is 2. The van der Waals surface area contributed by atoms with Crippen molar-refractivity contribution >= 4 is 22.8 Å². The van der Waals surface area contributed by atoms with Gasteiger partial charge in [0.05, 0.1) is 36.9 Å². The number of rotatable bonds is 6. The van der Waals surface area contributed by atoms with E-state index < -0.39 is 11.9 Å². The van der Waals surface area contributed by atoms with E-state index in [0.717, 1.165) is 18.4 Å². The zero-order valence-corrected chi connectivity index (χ0v) is 14.9. The number of anilines is 1. The highest BCUT2D eigenvalue weighted by atomic mass is 16.5. The van der Waals surface area contributed by atoms with Crippen LogP contribution in [-0.4, -0.2) is 48.8 Å². The van der Waals surface area contributed by atoms with Crippen molar-refractivity contribution in [2.45, 2.75) is 25.7 Å². The summed E-state index contributed by atoms with van der Waals surface area (Å²) in [5.74, 6) is -1.10. The van der Waals surface area contributed by atoms with Crippen LogP contribution in [0, 0.1) is 11.3 Å². The normalized spacial score (nSPS) is 15.5. The van der Waals surface area contributed by atoms with Crippen LogP contribution >= 0.6 is 0 Å². The molecular formula is C19H22N4O3. The average molecular weight is 354 g/mol. The standard InChI is InChI=1S/C19H22N4O3/c1-2-3-10-26-19(24)14(13-20)17-18(23-8-11-25-12-9-23)22-16-7-5-4-6-15(16)21-17/h4-7,14H,2-3,8-12H2,1H3/t14-/m0/s1. The van der Waals surface area contributed by atoms with E-state index in [2.05, 4.69) is 11.1 Å². The molecule has 1 aliphatic rings. The number of carbonyl (C=O) groups excluding carboxylic acids is 1. The largest absolute Gasteiger partial charge is 0.464 e. The number of unbranched alkanes of at least 4 members (excludes halogenated alkanes) is 1. The van der Waals surface area contributed by atoms with Gasteiger partial charge in [-0.25, -0.2) is 9.97 Å². The zero-order valence-electron chi connectivity index (χ0n) is 14.9. The molecular weight excluding hydrogens is 332 g/mol. The fraction of sp³-hybridized carbons (Fsp3) is 0.474. The van der Waals surface area contributed by atoms with Crippen molar-refractivity contribution < 1.29 is 14.3 Å². The van der Waals surface area contributed by atoms with Crippen molar-refractivity contribution in [2.75, 3.05) is 37.8 Å². The summed E-state index contributed by atoms with van der Waals surface area (Å²) in [6.07, 6.45) is 1.68. The van der Waals surface area contributed by atoms with E-state index >= 15 is 0 Å². The predicted octanol–water partition coefficient (Wildman–Crippen LogP) is 2.42. The molecule has 0 radical (unpaired) electrons. The van der Waals surface area contributed by atoms with Gasteiger partial charge in [-0.1, -0.05) is 25.5 Å². The molecule has 0 bridgehead atoms. The lowest BCUT2D eigenvalue weighted by molar-refractivity contribution is -0.144. The molecule has 1 saturated heterocycles. The summed E-state index contributed by atoms with van der Waals surface area (Å²) < 4.78 is 10.7. The fourth-order valence-electron chi connectivity index (χ4n) is 2.83. The number of nitriles is 1. The Hall–Kier alpha value is -2.72. The lowest BCUT2D eigenvalue weighted by atomic mass is 10.1. The van der Waals surface area contributed by atoms with E-state index in [1.54, 1.807) is 0 Å². The zero-order chi connectivity index (χ0) is 18.4. The van der Waals surface area contributed by atoms with Gasteiger partial charge in [-0.3, -0.25) is 4.79 Å². The highest BCUT2D eigenvalue weighted by Crippen LogP contribution is 2.28. The first-order valence-corrected chi connectivity index (χ1v) is 8.90. The van der Waals surface area contributed by atoms with E-state index in [1.807, 2.05) is 36.1 Å². The number of morpholine rings is 1. The molecule has 0 amide bonds. The molecule has 0 saturated carbocycles. The Kier molecular flexibility index (Phi) is 5.97. The lowest BCUT2D eigenvalue weighted by Gasteiger charge is -2.29. The number of hydrogen-bond acceptors (Lipinski definition) is 7. The second kappa shape index (κ2) is 8.59. The van der Waals surface area contributed by atoms with Crippen LogP contribution in [0.2, 0.25) is 0 Å². The third-order valence-corrected chi connectivity index (χ3v) is 4.27. The van der Waals surface area contributed by atoms with Gasteiger partial charge in [0.25, 0.3) is 0 Å². The number of ether oxygens (including phenoxy) is 2. The van der Waals surface area contributed by atoms with Gasteiger partial charge in [-0.15, -0.1) is 0 Å². The van der Waals surface area contributed by atoms with Gasteiger partial charge in [0, 0.05) is 13.1 Å². The quantitative estimate of drug-likeness (QED) is 0.581. The summed E-state index contributed by atoms with van der Waals surface area (Å²) in [4.78, 5) is 23.8. The van der Waals surface area contributed by atoms with Crippen molar-refractivity contribution in [3.8, 4) is 6.07 Å². The minimum absolute atomic E-state index is 0.307. The molecule has 26 heavy (non-hydrogen) atoms. The van der Waals surface area contributed by atoms with Gasteiger partial charge in [-0.05, 0) is 18.6 Å². The first-order chi connectivity index (χ1) is 12.7. The molecule has 7 heteroatoms. The van der Waals surface area contributed by atoms with Crippen LogP contribution in [0.3, 0.4) is 0 Å². The van der Waals surface area contributed by atoms with Crippen LogP contribution < -0.4 is 4.90 Å². The number of esters is 1. The molecule has 0 unspecified atom stereocenters. The summed E-state index contributed by atoms with van der Waals surface area (Å²) in [6.45, 7) is 4.76. The topological polar surface area (TPSA) is 88.3 Å². The molecule has 1 aromatic heterocycles. The maximum absolute atomic E-state index is 12.5. The minimum Gasteiger partial charge on any atom is -0.464 e. The first kappa shape index (κ1) is 18.1. The summed E-state index contributed by atoms with van der Waals surface area (Å²) in [7, 11) is 0. The Morgan fingerprint density at radius 1 is 1.31 bits per heavy atom. The van der Waals surface area contributed by atoms with Crippen LogP contribution in [0.4, 0.5) is 5.82 Å². The first-order valence-electron chi connectivity index (χ1n) is 8.90. The van der Waals surface area contributed by atoms with E-state index in [-0.39, 0.29) is 0 Å². The maximum Gasteiger partial charge on any atom is 0.329 e. The number of nitrogens with zero attached hydrogens (tertiary/aromatic N) is 4. The molecule has 2 aromatic rings. The third kappa shape index (κ3) is 3.92. The van der Waals surface area contributed by atoms with Crippen molar-refractivity contribution in [1.82, 2.24) is 9.97 Å². The number of benzene rings is 1. The average Bonchev–Trinajstić information content (AvgIpc) is 2.69. The Balaban J connectivity index is 2.00. The van der Waals surface area contributed by atoms with Gasteiger partial charge in [0.2, 0.25) is 0 Å². The van der Waals surface area contributed by atoms with Crippen LogP contribution in [-0.2, 0) is 14.3 Å². The Labute approximate surface area is 152 Å². The Morgan fingerprint density at radius 3 is 2.65 bits per heavy atom. The smallest absolute Gasteiger partial charge is 0.329 e. The monoisotopic (exact) mass is 354 g/mol. The number of hydrogen-bond donors (Lipinski definition) is 0. The fourth-order valence-corrected chi connectivity index (χ4v) is 2.83. The summed E-state index contributed by atoms with van der Waals surface area (Å²) in [6, 6.07) is 9.50. The maximum atomic E-state index is 12.5. The van der Waals surface area contributed by atoms with Crippen molar-refractivity contribution in [2.24, 2.45) is 0 Å². The van der Waals surface area contributed by atoms with Gasteiger partial charge >= 0.3 is 5.97 Å². The van der Waals surface area contributed by atoms with Crippen LogP contribution in [0.25, 0.3) is 11.0 Å². The summed E-state index contributed by atoms with van der Waals surface area (Å²) in [5.41, 5.74) is 1.74. The number of fused-ring (bicyclic) bond motifs is 1. The number of para-hydroxylation sites is 2. The number of carbonyl (C=O) groups is 1. The minimum atomic E-state index is -1.10. The van der Waals surface area contributed by atoms with Crippen molar-refractivity contribution in [1.29, 1.82) is 5.26 Å². The molecule has 1 aromatic carbocycles. The van der Waals surface area contributed by atoms with Crippen molar-refractivity contribution in [3.63, 3.8) is 0 Å². The van der Waals surface area contributed by atoms with E-state index in [9.17, 15) is 10.1 Å². The highest BCUT2D eigenvalue weighted by Gasteiger charge is 2.30. The van der Waals surface area contributed by atoms with E-state index in [4.69, 9.17) is 14.5 Å². The van der Waals surface area contributed by atoms with Crippen molar-refractivity contribution in [3.05, 3.63) is 30.0 Å².